The van der Waals surface area contributed by atoms with Crippen LogP contribution in [-0.4, -0.2) is 27.7 Å². The molecule has 1 atom stereocenters. The summed E-state index contributed by atoms with van der Waals surface area (Å²) < 4.78 is 1.76. The predicted molar refractivity (Wildman–Crippen MR) is 73.5 cm³/mol. The molecule has 1 aromatic carbocycles. The molecule has 0 saturated carbocycles. The Labute approximate surface area is 110 Å². The average molecular weight is 259 g/mol. The van der Waals surface area contributed by atoms with E-state index in [1.54, 1.807) is 16.7 Å². The number of piperidine rings is 1. The van der Waals surface area contributed by atoms with Crippen molar-refractivity contribution >= 4 is 10.9 Å². The molecular weight excluding hydrogens is 242 g/mol. The van der Waals surface area contributed by atoms with Gasteiger partial charge in [-0.05, 0) is 44.5 Å². The van der Waals surface area contributed by atoms with Gasteiger partial charge in [0, 0.05) is 6.54 Å². The highest BCUT2D eigenvalue weighted by molar-refractivity contribution is 5.79. The molecule has 0 amide bonds. The van der Waals surface area contributed by atoms with Crippen molar-refractivity contribution in [1.82, 2.24) is 14.9 Å². The first-order chi connectivity index (χ1) is 9.16. The van der Waals surface area contributed by atoms with Gasteiger partial charge < -0.3 is 10.4 Å². The van der Waals surface area contributed by atoms with E-state index in [4.69, 9.17) is 0 Å². The first-order valence-corrected chi connectivity index (χ1v) is 6.59. The van der Waals surface area contributed by atoms with Gasteiger partial charge in [0.25, 0.3) is 5.56 Å². The van der Waals surface area contributed by atoms with E-state index in [2.05, 4.69) is 10.3 Å². The summed E-state index contributed by atoms with van der Waals surface area (Å²) in [5.74, 6) is 0.834. The third kappa shape index (κ3) is 2.10. The Morgan fingerprint density at radius 3 is 3.05 bits per heavy atom. The Morgan fingerprint density at radius 1 is 1.47 bits per heavy atom. The average Bonchev–Trinajstić information content (AvgIpc) is 2.41. The van der Waals surface area contributed by atoms with E-state index >= 15 is 0 Å². The van der Waals surface area contributed by atoms with Crippen LogP contribution in [0.25, 0.3) is 10.9 Å². The minimum Gasteiger partial charge on any atom is -0.508 e. The summed E-state index contributed by atoms with van der Waals surface area (Å²) in [4.78, 5) is 17.1. The van der Waals surface area contributed by atoms with Crippen LogP contribution in [0.1, 0.15) is 24.7 Å². The zero-order chi connectivity index (χ0) is 13.4. The number of benzene rings is 1. The Bertz CT molecular complexity index is 672. The number of nitrogens with zero attached hydrogens (tertiary/aromatic N) is 2. The highest BCUT2D eigenvalue weighted by Gasteiger charge is 2.19. The lowest BCUT2D eigenvalue weighted by Crippen LogP contribution is -2.38. The standard InChI is InChI=1S/C14H17N3O2/c1-9-16-13-5-4-11(18)7-12(13)14(19)17(9)10-3-2-6-15-8-10/h4-5,7,10,15,18H,2-3,6,8H2,1H3. The van der Waals surface area contributed by atoms with E-state index in [0.29, 0.717) is 10.9 Å². The lowest BCUT2D eigenvalue weighted by molar-refractivity contribution is 0.357. The number of phenols is 1. The van der Waals surface area contributed by atoms with Gasteiger partial charge in [-0.25, -0.2) is 4.98 Å². The van der Waals surface area contributed by atoms with Gasteiger partial charge in [-0.3, -0.25) is 9.36 Å². The number of aromatic nitrogens is 2. The second-order valence-corrected chi connectivity index (χ2v) is 5.04. The zero-order valence-corrected chi connectivity index (χ0v) is 10.9. The van der Waals surface area contributed by atoms with E-state index in [-0.39, 0.29) is 17.4 Å². The van der Waals surface area contributed by atoms with Crippen molar-refractivity contribution in [2.24, 2.45) is 0 Å². The van der Waals surface area contributed by atoms with E-state index in [1.807, 2.05) is 6.92 Å². The maximum Gasteiger partial charge on any atom is 0.261 e. The summed E-state index contributed by atoms with van der Waals surface area (Å²) in [5, 5.41) is 13.3. The molecule has 3 rings (SSSR count). The van der Waals surface area contributed by atoms with Crippen molar-refractivity contribution in [3.8, 4) is 5.75 Å². The first-order valence-electron chi connectivity index (χ1n) is 6.59. The van der Waals surface area contributed by atoms with Crippen molar-refractivity contribution < 1.29 is 5.11 Å². The molecule has 2 N–H and O–H groups in total. The highest BCUT2D eigenvalue weighted by Crippen LogP contribution is 2.20. The maximum atomic E-state index is 12.6. The summed E-state index contributed by atoms with van der Waals surface area (Å²) in [6.45, 7) is 3.67. The molecule has 19 heavy (non-hydrogen) atoms. The number of rotatable bonds is 1. The summed E-state index contributed by atoms with van der Waals surface area (Å²) in [6.07, 6.45) is 2.05. The Hall–Kier alpha value is -1.88. The molecule has 1 aliphatic heterocycles. The molecule has 2 heterocycles. The van der Waals surface area contributed by atoms with Crippen molar-refractivity contribution in [2.75, 3.05) is 13.1 Å². The lowest BCUT2D eigenvalue weighted by Gasteiger charge is -2.26. The van der Waals surface area contributed by atoms with Crippen molar-refractivity contribution in [1.29, 1.82) is 0 Å². The zero-order valence-electron chi connectivity index (χ0n) is 10.9. The van der Waals surface area contributed by atoms with Crippen molar-refractivity contribution in [3.63, 3.8) is 0 Å². The number of nitrogens with one attached hydrogen (secondary N) is 1. The molecular formula is C14H17N3O2. The molecule has 5 nitrogen and oxygen atoms in total. The molecule has 0 aliphatic carbocycles. The monoisotopic (exact) mass is 259 g/mol. The molecule has 0 spiro atoms. The molecule has 1 fully saturated rings. The fourth-order valence-corrected chi connectivity index (χ4v) is 2.78. The second-order valence-electron chi connectivity index (χ2n) is 5.04. The van der Waals surface area contributed by atoms with Crippen molar-refractivity contribution in [3.05, 3.63) is 34.4 Å². The van der Waals surface area contributed by atoms with Crippen LogP contribution in [0.2, 0.25) is 0 Å². The predicted octanol–water partition coefficient (Wildman–Crippen LogP) is 1.34. The lowest BCUT2D eigenvalue weighted by atomic mass is 10.1. The van der Waals surface area contributed by atoms with Gasteiger partial charge in [-0.1, -0.05) is 0 Å². The highest BCUT2D eigenvalue weighted by atomic mass is 16.3. The van der Waals surface area contributed by atoms with Crippen LogP contribution in [-0.2, 0) is 0 Å². The summed E-state index contributed by atoms with van der Waals surface area (Å²) in [7, 11) is 0. The number of phenolic OH excluding ortho intramolecular Hbond substituents is 1. The number of fused-ring (bicyclic) bond motifs is 1. The third-order valence-corrected chi connectivity index (χ3v) is 3.70. The van der Waals surface area contributed by atoms with Crippen molar-refractivity contribution in [2.45, 2.75) is 25.8 Å². The molecule has 100 valence electrons. The van der Waals surface area contributed by atoms with Gasteiger partial charge >= 0.3 is 0 Å². The molecule has 1 saturated heterocycles. The molecule has 5 heteroatoms. The summed E-state index contributed by atoms with van der Waals surface area (Å²) in [6, 6.07) is 4.89. The minimum atomic E-state index is -0.0629. The topological polar surface area (TPSA) is 67.2 Å². The number of aromatic hydroxyl groups is 1. The van der Waals surface area contributed by atoms with Crippen LogP contribution in [0.5, 0.6) is 5.75 Å². The normalized spacial score (nSPS) is 19.7. The fraction of sp³-hybridized carbons (Fsp3) is 0.429. The second kappa shape index (κ2) is 4.66. The van der Waals surface area contributed by atoms with Gasteiger partial charge in [0.1, 0.15) is 11.6 Å². The number of hydrogen-bond acceptors (Lipinski definition) is 4. The van der Waals surface area contributed by atoms with E-state index in [1.165, 1.54) is 6.07 Å². The minimum absolute atomic E-state index is 0.0629. The van der Waals surface area contributed by atoms with Crippen LogP contribution in [0.15, 0.2) is 23.0 Å². The Morgan fingerprint density at radius 2 is 2.32 bits per heavy atom. The summed E-state index contributed by atoms with van der Waals surface area (Å²) >= 11 is 0. The van der Waals surface area contributed by atoms with Gasteiger partial charge in [0.15, 0.2) is 0 Å². The smallest absolute Gasteiger partial charge is 0.261 e. The fourth-order valence-electron chi connectivity index (χ4n) is 2.78. The first kappa shape index (κ1) is 12.2. The molecule has 2 aromatic rings. The third-order valence-electron chi connectivity index (χ3n) is 3.70. The van der Waals surface area contributed by atoms with Crippen LogP contribution in [0.3, 0.4) is 0 Å². The van der Waals surface area contributed by atoms with E-state index in [0.717, 1.165) is 31.8 Å². The maximum absolute atomic E-state index is 12.6. The van der Waals surface area contributed by atoms with Gasteiger partial charge in [0.2, 0.25) is 0 Å². The van der Waals surface area contributed by atoms with Crippen LogP contribution < -0.4 is 10.9 Å². The molecule has 0 bridgehead atoms. The SMILES string of the molecule is Cc1nc2ccc(O)cc2c(=O)n1C1CCCNC1. The van der Waals surface area contributed by atoms with Gasteiger partial charge in [0.05, 0.1) is 16.9 Å². The summed E-state index contributed by atoms with van der Waals surface area (Å²) in [5.41, 5.74) is 0.576. The van der Waals surface area contributed by atoms with Gasteiger partial charge in [-0.15, -0.1) is 0 Å². The largest absolute Gasteiger partial charge is 0.508 e. The Balaban J connectivity index is 2.21. The quantitative estimate of drug-likeness (QED) is 0.811. The van der Waals surface area contributed by atoms with Crippen LogP contribution in [0, 0.1) is 6.92 Å². The van der Waals surface area contributed by atoms with Crippen LogP contribution in [0.4, 0.5) is 0 Å². The molecule has 1 unspecified atom stereocenters. The van der Waals surface area contributed by atoms with Gasteiger partial charge in [-0.2, -0.15) is 0 Å². The molecule has 1 aromatic heterocycles. The molecule has 0 radical (unpaired) electrons. The Kier molecular flexibility index (Phi) is 2.98. The van der Waals surface area contributed by atoms with E-state index in [9.17, 15) is 9.90 Å². The van der Waals surface area contributed by atoms with Crippen LogP contribution >= 0.6 is 0 Å². The molecule has 1 aliphatic rings. The number of aryl methyl sites for hydroxylation is 1. The van der Waals surface area contributed by atoms with E-state index < -0.39 is 0 Å². The number of hydrogen-bond donors (Lipinski definition) is 2.